The van der Waals surface area contributed by atoms with E-state index in [-0.39, 0.29) is 11.9 Å². The molecule has 4 nitrogen and oxygen atoms in total. The molecule has 0 aliphatic carbocycles. The van der Waals surface area contributed by atoms with E-state index in [0.717, 1.165) is 38.0 Å². The van der Waals surface area contributed by atoms with Crippen molar-refractivity contribution >= 4 is 5.91 Å². The third kappa shape index (κ3) is 4.71. The number of nitrogens with zero attached hydrogens (tertiary/aromatic N) is 1. The predicted octanol–water partition coefficient (Wildman–Crippen LogP) is 3.08. The SMILES string of the molecule is Cc1ccc(C(N)C(=O)NC2CCN(Cc3ccccc3C)CC2)cc1. The van der Waals surface area contributed by atoms with Crippen molar-refractivity contribution in [3.63, 3.8) is 0 Å². The monoisotopic (exact) mass is 351 g/mol. The maximum atomic E-state index is 12.5. The molecular formula is C22H29N3O. The third-order valence-corrected chi connectivity index (χ3v) is 5.31. The number of aryl methyl sites for hydroxylation is 2. The number of nitrogens with two attached hydrogens (primary N) is 1. The van der Waals surface area contributed by atoms with Crippen molar-refractivity contribution in [3.05, 3.63) is 70.8 Å². The number of nitrogens with one attached hydrogen (secondary N) is 1. The first-order valence-corrected chi connectivity index (χ1v) is 9.42. The largest absolute Gasteiger partial charge is 0.352 e. The van der Waals surface area contributed by atoms with Crippen LogP contribution in [0.25, 0.3) is 0 Å². The molecule has 1 atom stereocenters. The van der Waals surface area contributed by atoms with Crippen LogP contribution in [-0.4, -0.2) is 29.9 Å². The Balaban J connectivity index is 1.48. The molecule has 2 aromatic rings. The van der Waals surface area contributed by atoms with Crippen LogP contribution in [0.15, 0.2) is 48.5 Å². The fourth-order valence-electron chi connectivity index (χ4n) is 3.48. The molecule has 138 valence electrons. The van der Waals surface area contributed by atoms with Gasteiger partial charge in [0.05, 0.1) is 0 Å². The Morgan fingerprint density at radius 1 is 1.12 bits per heavy atom. The zero-order valence-corrected chi connectivity index (χ0v) is 15.7. The van der Waals surface area contributed by atoms with E-state index in [9.17, 15) is 4.79 Å². The molecule has 1 aliphatic heterocycles. The summed E-state index contributed by atoms with van der Waals surface area (Å²) in [7, 11) is 0. The normalized spacial score (nSPS) is 17.0. The number of carbonyl (C=O) groups excluding carboxylic acids is 1. The van der Waals surface area contributed by atoms with Crippen LogP contribution in [0.5, 0.6) is 0 Å². The maximum absolute atomic E-state index is 12.5. The second-order valence-corrected chi connectivity index (χ2v) is 7.37. The quantitative estimate of drug-likeness (QED) is 0.870. The Morgan fingerprint density at radius 3 is 2.42 bits per heavy atom. The summed E-state index contributed by atoms with van der Waals surface area (Å²) in [4.78, 5) is 14.9. The van der Waals surface area contributed by atoms with Gasteiger partial charge in [0.1, 0.15) is 6.04 Å². The Labute approximate surface area is 156 Å². The van der Waals surface area contributed by atoms with Crippen molar-refractivity contribution in [1.29, 1.82) is 0 Å². The Bertz CT molecular complexity index is 733. The molecular weight excluding hydrogens is 322 g/mol. The number of piperidine rings is 1. The summed E-state index contributed by atoms with van der Waals surface area (Å²) in [5, 5.41) is 3.14. The topological polar surface area (TPSA) is 58.4 Å². The summed E-state index contributed by atoms with van der Waals surface area (Å²) in [6.07, 6.45) is 1.94. The minimum absolute atomic E-state index is 0.0776. The molecule has 4 heteroatoms. The van der Waals surface area contributed by atoms with Crippen LogP contribution in [0.3, 0.4) is 0 Å². The van der Waals surface area contributed by atoms with Crippen molar-refractivity contribution in [1.82, 2.24) is 10.2 Å². The summed E-state index contributed by atoms with van der Waals surface area (Å²) in [6, 6.07) is 16.0. The van der Waals surface area contributed by atoms with Crippen molar-refractivity contribution < 1.29 is 4.79 Å². The highest BCUT2D eigenvalue weighted by Crippen LogP contribution is 2.17. The average Bonchev–Trinajstić information content (AvgIpc) is 2.65. The number of rotatable bonds is 5. The van der Waals surface area contributed by atoms with Crippen LogP contribution < -0.4 is 11.1 Å². The van der Waals surface area contributed by atoms with Crippen LogP contribution in [0.2, 0.25) is 0 Å². The molecule has 0 radical (unpaired) electrons. The van der Waals surface area contributed by atoms with Crippen LogP contribution in [0.1, 0.15) is 41.1 Å². The first-order valence-electron chi connectivity index (χ1n) is 9.42. The van der Waals surface area contributed by atoms with E-state index in [2.05, 4.69) is 41.4 Å². The maximum Gasteiger partial charge on any atom is 0.241 e. The second kappa shape index (κ2) is 8.47. The molecule has 1 fully saturated rings. The number of amides is 1. The lowest BCUT2D eigenvalue weighted by atomic mass is 10.0. The fraction of sp³-hybridized carbons (Fsp3) is 0.409. The molecule has 1 saturated heterocycles. The Hall–Kier alpha value is -2.17. The summed E-state index contributed by atoms with van der Waals surface area (Å²) in [5.74, 6) is -0.0776. The average molecular weight is 351 g/mol. The van der Waals surface area contributed by atoms with Gasteiger partial charge in [-0.15, -0.1) is 0 Å². The zero-order valence-electron chi connectivity index (χ0n) is 15.7. The summed E-state index contributed by atoms with van der Waals surface area (Å²) < 4.78 is 0. The standard InChI is InChI=1S/C22H29N3O/c1-16-7-9-18(10-8-16)21(23)22(26)24-20-11-13-25(14-12-20)15-19-6-4-3-5-17(19)2/h3-10,20-21H,11-15,23H2,1-2H3,(H,24,26). The van der Waals surface area contributed by atoms with Gasteiger partial charge in [0, 0.05) is 25.7 Å². The van der Waals surface area contributed by atoms with Gasteiger partial charge in [-0.1, -0.05) is 54.1 Å². The van der Waals surface area contributed by atoms with E-state index in [0.29, 0.717) is 0 Å². The van der Waals surface area contributed by atoms with Crippen molar-refractivity contribution in [2.24, 2.45) is 5.73 Å². The zero-order chi connectivity index (χ0) is 18.5. The molecule has 1 amide bonds. The number of likely N-dealkylation sites (tertiary alicyclic amines) is 1. The van der Waals surface area contributed by atoms with Crippen molar-refractivity contribution in [3.8, 4) is 0 Å². The molecule has 26 heavy (non-hydrogen) atoms. The highest BCUT2D eigenvalue weighted by molar-refractivity contribution is 5.83. The lowest BCUT2D eigenvalue weighted by Crippen LogP contribution is -2.46. The van der Waals surface area contributed by atoms with Gasteiger partial charge in [-0.05, 0) is 43.4 Å². The Kier molecular flexibility index (Phi) is 6.07. The van der Waals surface area contributed by atoms with E-state index in [1.165, 1.54) is 16.7 Å². The van der Waals surface area contributed by atoms with Crippen LogP contribution in [0.4, 0.5) is 0 Å². The minimum Gasteiger partial charge on any atom is -0.352 e. The lowest BCUT2D eigenvalue weighted by molar-refractivity contribution is -0.123. The summed E-state index contributed by atoms with van der Waals surface area (Å²) in [5.41, 5.74) is 10.9. The van der Waals surface area contributed by atoms with Gasteiger partial charge in [0.2, 0.25) is 5.91 Å². The van der Waals surface area contributed by atoms with Crippen molar-refractivity contribution in [2.45, 2.75) is 45.3 Å². The van der Waals surface area contributed by atoms with Gasteiger partial charge in [0.15, 0.2) is 0 Å². The molecule has 0 spiro atoms. The second-order valence-electron chi connectivity index (χ2n) is 7.37. The number of hydrogen-bond acceptors (Lipinski definition) is 3. The molecule has 1 unspecified atom stereocenters. The van der Waals surface area contributed by atoms with E-state index in [1.54, 1.807) is 0 Å². The molecule has 3 rings (SSSR count). The highest BCUT2D eigenvalue weighted by Gasteiger charge is 2.23. The smallest absolute Gasteiger partial charge is 0.241 e. The summed E-state index contributed by atoms with van der Waals surface area (Å²) in [6.45, 7) is 7.17. The van der Waals surface area contributed by atoms with Gasteiger partial charge in [-0.25, -0.2) is 0 Å². The van der Waals surface area contributed by atoms with E-state index >= 15 is 0 Å². The van der Waals surface area contributed by atoms with E-state index < -0.39 is 6.04 Å². The van der Waals surface area contributed by atoms with E-state index in [4.69, 9.17) is 5.73 Å². The fourth-order valence-corrected chi connectivity index (χ4v) is 3.48. The molecule has 1 heterocycles. The highest BCUT2D eigenvalue weighted by atomic mass is 16.2. The first-order chi connectivity index (χ1) is 12.5. The molecule has 0 bridgehead atoms. The van der Waals surface area contributed by atoms with Crippen LogP contribution >= 0.6 is 0 Å². The first kappa shape index (κ1) is 18.6. The number of benzene rings is 2. The molecule has 0 aromatic heterocycles. The molecule has 2 aromatic carbocycles. The Morgan fingerprint density at radius 2 is 1.77 bits per heavy atom. The van der Waals surface area contributed by atoms with E-state index in [1.807, 2.05) is 31.2 Å². The number of hydrogen-bond donors (Lipinski definition) is 2. The lowest BCUT2D eigenvalue weighted by Gasteiger charge is -2.33. The van der Waals surface area contributed by atoms with Gasteiger partial charge in [-0.2, -0.15) is 0 Å². The van der Waals surface area contributed by atoms with Gasteiger partial charge < -0.3 is 11.1 Å². The van der Waals surface area contributed by atoms with Gasteiger partial charge in [-0.3, -0.25) is 9.69 Å². The predicted molar refractivity (Wildman–Crippen MR) is 106 cm³/mol. The third-order valence-electron chi connectivity index (χ3n) is 5.31. The molecule has 3 N–H and O–H groups in total. The van der Waals surface area contributed by atoms with Crippen molar-refractivity contribution in [2.75, 3.05) is 13.1 Å². The molecule has 1 aliphatic rings. The van der Waals surface area contributed by atoms with Gasteiger partial charge >= 0.3 is 0 Å². The minimum atomic E-state index is -0.597. The summed E-state index contributed by atoms with van der Waals surface area (Å²) >= 11 is 0. The number of carbonyl (C=O) groups is 1. The molecule has 0 saturated carbocycles. The van der Waals surface area contributed by atoms with Gasteiger partial charge in [0.25, 0.3) is 0 Å². The van der Waals surface area contributed by atoms with Crippen LogP contribution in [-0.2, 0) is 11.3 Å². The van der Waals surface area contributed by atoms with Crippen LogP contribution in [0, 0.1) is 13.8 Å².